The fraction of sp³-hybridized carbons (Fsp3) is 0.300. The third-order valence-electron chi connectivity index (χ3n) is 4.95. The van der Waals surface area contributed by atoms with Crippen LogP contribution in [0, 0.1) is 8.99 Å². The van der Waals surface area contributed by atoms with Gasteiger partial charge >= 0.3 is 0 Å². The molecule has 0 bridgehead atoms. The quantitative estimate of drug-likeness (QED) is 0.482. The van der Waals surface area contributed by atoms with Gasteiger partial charge < -0.3 is 5.32 Å². The lowest BCUT2D eigenvalue weighted by Crippen LogP contribution is -2.53. The lowest BCUT2D eigenvalue weighted by Gasteiger charge is -2.23. The van der Waals surface area contributed by atoms with Crippen LogP contribution in [0.1, 0.15) is 27.2 Å². The molecule has 0 unspecified atom stereocenters. The van der Waals surface area contributed by atoms with E-state index in [1.807, 2.05) is 22.6 Å². The van der Waals surface area contributed by atoms with E-state index in [0.29, 0.717) is 24.2 Å². The SMILES string of the molecule is CC(C)(C)CCn1c(=O)/c(=C2\Nc3ccc(I)cc3S(=O)(=O)N2)c(=O)c2cccn21. The zero-order valence-electron chi connectivity index (χ0n) is 16.7. The van der Waals surface area contributed by atoms with Crippen LogP contribution in [-0.2, 0) is 16.6 Å². The third kappa shape index (κ3) is 3.62. The molecule has 158 valence electrons. The van der Waals surface area contributed by atoms with Crippen molar-refractivity contribution >= 4 is 49.6 Å². The van der Waals surface area contributed by atoms with Gasteiger partial charge in [-0.15, -0.1) is 0 Å². The second-order valence-electron chi connectivity index (χ2n) is 8.43. The minimum Gasteiger partial charge on any atom is -0.339 e. The van der Waals surface area contributed by atoms with Crippen molar-refractivity contribution < 1.29 is 8.42 Å². The molecule has 2 N–H and O–H groups in total. The van der Waals surface area contributed by atoms with Gasteiger partial charge in [-0.3, -0.25) is 18.8 Å². The Bertz CT molecular complexity index is 1450. The molecule has 3 heterocycles. The number of sulfonamides is 1. The first-order chi connectivity index (χ1) is 14.0. The predicted molar refractivity (Wildman–Crippen MR) is 124 cm³/mol. The Balaban J connectivity index is 2.02. The summed E-state index contributed by atoms with van der Waals surface area (Å²) in [6, 6.07) is 8.20. The molecule has 0 saturated carbocycles. The Hall–Kier alpha value is -2.34. The van der Waals surface area contributed by atoms with Crippen LogP contribution in [0.5, 0.6) is 0 Å². The van der Waals surface area contributed by atoms with Crippen LogP contribution < -0.4 is 26.2 Å². The van der Waals surface area contributed by atoms with E-state index in [-0.39, 0.29) is 21.4 Å². The van der Waals surface area contributed by atoms with Gasteiger partial charge in [-0.1, -0.05) is 20.8 Å². The molecule has 0 amide bonds. The van der Waals surface area contributed by atoms with Crippen molar-refractivity contribution in [3.63, 3.8) is 0 Å². The van der Waals surface area contributed by atoms with Crippen molar-refractivity contribution in [2.24, 2.45) is 5.41 Å². The molecule has 1 aliphatic heterocycles. The Labute approximate surface area is 186 Å². The highest BCUT2D eigenvalue weighted by atomic mass is 127. The summed E-state index contributed by atoms with van der Waals surface area (Å²) in [5.41, 5.74) is -0.480. The molecule has 2 aromatic heterocycles. The van der Waals surface area contributed by atoms with Gasteiger partial charge in [0, 0.05) is 16.3 Å². The molecule has 4 rings (SSSR count). The Morgan fingerprint density at radius 2 is 1.87 bits per heavy atom. The second kappa shape index (κ2) is 7.12. The number of hydrogen-bond acceptors (Lipinski definition) is 5. The normalized spacial score (nSPS) is 17.3. The number of fused-ring (bicyclic) bond motifs is 2. The lowest BCUT2D eigenvalue weighted by molar-refractivity contribution is 0.331. The molecule has 0 atom stereocenters. The highest BCUT2D eigenvalue weighted by molar-refractivity contribution is 14.1. The van der Waals surface area contributed by atoms with Crippen molar-refractivity contribution in [2.75, 3.05) is 5.32 Å². The smallest absolute Gasteiger partial charge is 0.280 e. The Morgan fingerprint density at radius 1 is 1.13 bits per heavy atom. The third-order valence-corrected chi connectivity index (χ3v) is 7.01. The van der Waals surface area contributed by atoms with Gasteiger partial charge in [0.15, 0.2) is 0 Å². The average molecular weight is 540 g/mol. The van der Waals surface area contributed by atoms with Crippen molar-refractivity contribution in [1.29, 1.82) is 0 Å². The van der Waals surface area contributed by atoms with E-state index in [9.17, 15) is 18.0 Å². The van der Waals surface area contributed by atoms with Gasteiger partial charge in [0.25, 0.3) is 15.6 Å². The zero-order chi connectivity index (χ0) is 21.8. The molecule has 10 heteroatoms. The number of anilines is 1. The van der Waals surface area contributed by atoms with Gasteiger partial charge in [-0.2, -0.15) is 0 Å². The summed E-state index contributed by atoms with van der Waals surface area (Å²) >= 11 is 2.03. The van der Waals surface area contributed by atoms with Crippen LogP contribution >= 0.6 is 22.6 Å². The fourth-order valence-electron chi connectivity index (χ4n) is 3.37. The van der Waals surface area contributed by atoms with Crippen molar-refractivity contribution in [2.45, 2.75) is 38.6 Å². The summed E-state index contributed by atoms with van der Waals surface area (Å²) in [7, 11) is -3.93. The molecule has 3 aromatic rings. The molecular weight excluding hydrogens is 519 g/mol. The Kier molecular flexibility index (Phi) is 4.96. The zero-order valence-corrected chi connectivity index (χ0v) is 19.7. The minimum absolute atomic E-state index is 0.0247. The van der Waals surface area contributed by atoms with Crippen LogP contribution in [0.25, 0.3) is 11.3 Å². The Morgan fingerprint density at radius 3 is 2.57 bits per heavy atom. The monoisotopic (exact) mass is 540 g/mol. The highest BCUT2D eigenvalue weighted by Crippen LogP contribution is 2.28. The number of nitrogens with zero attached hydrogens (tertiary/aromatic N) is 2. The van der Waals surface area contributed by atoms with Gasteiger partial charge in [0.05, 0.1) is 5.69 Å². The number of halogens is 1. The van der Waals surface area contributed by atoms with E-state index in [2.05, 4.69) is 30.8 Å². The van der Waals surface area contributed by atoms with E-state index in [4.69, 9.17) is 0 Å². The van der Waals surface area contributed by atoms with Crippen molar-refractivity contribution in [3.8, 4) is 0 Å². The van der Waals surface area contributed by atoms with Gasteiger partial charge in [-0.05, 0) is 64.8 Å². The lowest BCUT2D eigenvalue weighted by atomic mass is 9.92. The number of aromatic nitrogens is 2. The summed E-state index contributed by atoms with van der Waals surface area (Å²) in [5, 5.41) is 2.72. The van der Waals surface area contributed by atoms with Crippen molar-refractivity contribution in [1.82, 2.24) is 13.9 Å². The van der Waals surface area contributed by atoms with Crippen LogP contribution in [0.4, 0.5) is 5.69 Å². The first-order valence-electron chi connectivity index (χ1n) is 9.36. The van der Waals surface area contributed by atoms with E-state index in [1.165, 1.54) is 15.3 Å². The molecule has 0 aliphatic carbocycles. The largest absolute Gasteiger partial charge is 0.339 e. The van der Waals surface area contributed by atoms with E-state index < -0.39 is 21.0 Å². The summed E-state index contributed by atoms with van der Waals surface area (Å²) in [4.78, 5) is 26.5. The summed E-state index contributed by atoms with van der Waals surface area (Å²) in [6.45, 7) is 6.59. The number of benzene rings is 1. The van der Waals surface area contributed by atoms with E-state index >= 15 is 0 Å². The standard InChI is InChI=1S/C20H21IN4O4S/c1-20(2,3)8-10-25-19(27)16(17(26)14-5-4-9-24(14)25)18-22-13-7-6-12(21)11-15(13)30(28,29)23-18/h4-7,9,11,22-23H,8,10H2,1-3H3/b18-16+. The molecule has 0 fully saturated rings. The predicted octanol–water partition coefficient (Wildman–Crippen LogP) is 1.69. The maximum Gasteiger partial charge on any atom is 0.280 e. The van der Waals surface area contributed by atoms with E-state index in [1.54, 1.807) is 30.5 Å². The fourth-order valence-corrected chi connectivity index (χ4v) is 5.30. The molecule has 1 aliphatic rings. The first kappa shape index (κ1) is 20.9. The second-order valence-corrected chi connectivity index (χ2v) is 11.3. The molecule has 0 saturated heterocycles. The number of nitrogens with one attached hydrogen (secondary N) is 2. The first-order valence-corrected chi connectivity index (χ1v) is 11.9. The molecule has 0 radical (unpaired) electrons. The molecule has 8 nitrogen and oxygen atoms in total. The maximum absolute atomic E-state index is 13.3. The number of hydrogen-bond donors (Lipinski definition) is 2. The van der Waals surface area contributed by atoms with Gasteiger partial charge in [-0.25, -0.2) is 13.1 Å². The highest BCUT2D eigenvalue weighted by Gasteiger charge is 2.28. The van der Waals surface area contributed by atoms with Crippen LogP contribution in [-0.4, -0.2) is 17.6 Å². The van der Waals surface area contributed by atoms with E-state index in [0.717, 1.165) is 3.57 Å². The number of aryl methyl sites for hydroxylation is 1. The average Bonchev–Trinajstić information content (AvgIpc) is 3.11. The summed E-state index contributed by atoms with van der Waals surface area (Å²) in [6.07, 6.45) is 2.36. The summed E-state index contributed by atoms with van der Waals surface area (Å²) in [5.74, 6) is -0.119. The van der Waals surface area contributed by atoms with Gasteiger partial charge in [0.1, 0.15) is 21.5 Å². The van der Waals surface area contributed by atoms with Gasteiger partial charge in [0.2, 0.25) is 5.43 Å². The molecule has 1 aromatic carbocycles. The maximum atomic E-state index is 13.3. The van der Waals surface area contributed by atoms with Crippen molar-refractivity contribution in [3.05, 3.63) is 65.9 Å². The summed E-state index contributed by atoms with van der Waals surface area (Å²) < 4.78 is 31.7. The molecular formula is C20H21IN4O4S. The minimum atomic E-state index is -3.93. The topological polar surface area (TPSA) is 102 Å². The van der Waals surface area contributed by atoms with Crippen LogP contribution in [0.15, 0.2) is 51.0 Å². The van der Waals surface area contributed by atoms with Crippen LogP contribution in [0.2, 0.25) is 0 Å². The van der Waals surface area contributed by atoms with Crippen LogP contribution in [0.3, 0.4) is 0 Å². The molecule has 30 heavy (non-hydrogen) atoms. The molecule has 0 spiro atoms. The number of rotatable bonds is 2.